The Kier molecular flexibility index (Phi) is 3.47. The molecule has 2 aromatic heterocycles. The molecule has 1 nitrogen and oxygen atoms in total. The molecule has 0 bridgehead atoms. The summed E-state index contributed by atoms with van der Waals surface area (Å²) in [5.74, 6) is 1.89. The van der Waals surface area contributed by atoms with Crippen LogP contribution >= 0.6 is 34.4 Å². The molecule has 4 heteroatoms. The maximum atomic E-state index is 6.13. The Morgan fingerprint density at radius 2 is 1.58 bits per heavy atom. The van der Waals surface area contributed by atoms with Crippen molar-refractivity contribution in [3.8, 4) is 32.4 Å². The van der Waals surface area contributed by atoms with Crippen molar-refractivity contribution >= 4 is 34.4 Å². The summed E-state index contributed by atoms with van der Waals surface area (Å²) < 4.78 is 6.13. The summed E-state index contributed by atoms with van der Waals surface area (Å²) in [5.41, 5.74) is 2.56. The summed E-state index contributed by atoms with van der Waals surface area (Å²) in [6.45, 7) is 0. The number of thiophene rings is 2. The van der Waals surface area contributed by atoms with Crippen LogP contribution in [-0.4, -0.2) is 0 Å². The Balaban J connectivity index is 1.67. The van der Waals surface area contributed by atoms with Crippen molar-refractivity contribution in [1.29, 1.82) is 0 Å². The quantitative estimate of drug-likeness (QED) is 0.323. The number of hydrogen-bond donors (Lipinski definition) is 0. The van der Waals surface area contributed by atoms with Crippen molar-refractivity contribution in [1.82, 2.24) is 0 Å². The van der Waals surface area contributed by atoms with Crippen molar-refractivity contribution in [3.05, 3.63) is 71.4 Å². The molecule has 5 rings (SSSR count). The van der Waals surface area contributed by atoms with E-state index < -0.39 is 0 Å². The molecule has 0 unspecified atom stereocenters. The van der Waals surface area contributed by atoms with Gasteiger partial charge in [-0.05, 0) is 41.1 Å². The van der Waals surface area contributed by atoms with E-state index in [1.807, 2.05) is 12.1 Å². The molecule has 0 spiro atoms. The molecule has 0 amide bonds. The average molecular weight is 365 g/mol. The highest BCUT2D eigenvalue weighted by atomic mass is 32.2. The minimum Gasteiger partial charge on any atom is -0.455 e. The number of para-hydroxylation sites is 1. The maximum Gasteiger partial charge on any atom is 0.142 e. The van der Waals surface area contributed by atoms with E-state index in [9.17, 15) is 0 Å². The Bertz CT molecular complexity index is 1020. The van der Waals surface area contributed by atoms with E-state index >= 15 is 0 Å². The van der Waals surface area contributed by atoms with Crippen LogP contribution in [0.3, 0.4) is 0 Å². The molecule has 0 saturated carbocycles. The van der Waals surface area contributed by atoms with Crippen LogP contribution in [-0.2, 0) is 0 Å². The minimum absolute atomic E-state index is 0.941. The minimum atomic E-state index is 0.941. The SMILES string of the molecule is c1csc(-c2ccsc2-c2cccc3c2Sc2ccccc2O3)c1. The average Bonchev–Trinajstić information content (AvgIpc) is 3.30. The monoisotopic (exact) mass is 364 g/mol. The molecule has 0 saturated heterocycles. The van der Waals surface area contributed by atoms with E-state index in [2.05, 4.69) is 59.3 Å². The molecule has 116 valence electrons. The summed E-state index contributed by atoms with van der Waals surface area (Å²) in [6, 6.07) is 21.1. The second kappa shape index (κ2) is 5.81. The fourth-order valence-electron chi connectivity index (χ4n) is 2.87. The van der Waals surface area contributed by atoms with Gasteiger partial charge >= 0.3 is 0 Å². The molecule has 2 aromatic carbocycles. The van der Waals surface area contributed by atoms with Gasteiger partial charge in [0, 0.05) is 20.9 Å². The molecule has 24 heavy (non-hydrogen) atoms. The smallest absolute Gasteiger partial charge is 0.142 e. The van der Waals surface area contributed by atoms with Gasteiger partial charge in [-0.1, -0.05) is 42.1 Å². The van der Waals surface area contributed by atoms with E-state index in [-0.39, 0.29) is 0 Å². The summed E-state index contributed by atoms with van der Waals surface area (Å²) >= 11 is 5.38. The highest BCUT2D eigenvalue weighted by Gasteiger charge is 2.22. The van der Waals surface area contributed by atoms with Crippen LogP contribution in [0.1, 0.15) is 0 Å². The molecule has 1 aliphatic heterocycles. The lowest BCUT2D eigenvalue weighted by Crippen LogP contribution is -1.96. The van der Waals surface area contributed by atoms with Crippen LogP contribution in [0.25, 0.3) is 20.9 Å². The van der Waals surface area contributed by atoms with Gasteiger partial charge in [-0.15, -0.1) is 22.7 Å². The number of benzene rings is 2. The van der Waals surface area contributed by atoms with Crippen LogP contribution in [0.5, 0.6) is 11.5 Å². The summed E-state index contributed by atoms with van der Waals surface area (Å²) in [7, 11) is 0. The lowest BCUT2D eigenvalue weighted by Gasteiger charge is -2.21. The summed E-state index contributed by atoms with van der Waals surface area (Å²) in [4.78, 5) is 5.00. The molecular weight excluding hydrogens is 352 g/mol. The van der Waals surface area contributed by atoms with Crippen molar-refractivity contribution in [2.45, 2.75) is 9.79 Å². The Morgan fingerprint density at radius 3 is 2.50 bits per heavy atom. The summed E-state index contributed by atoms with van der Waals surface area (Å²) in [6.07, 6.45) is 0. The predicted molar refractivity (Wildman–Crippen MR) is 104 cm³/mol. The predicted octanol–water partition coefficient (Wildman–Crippen LogP) is 7.40. The number of ether oxygens (including phenoxy) is 1. The molecule has 3 heterocycles. The van der Waals surface area contributed by atoms with E-state index in [0.717, 1.165) is 11.5 Å². The highest BCUT2D eigenvalue weighted by Crippen LogP contribution is 2.52. The van der Waals surface area contributed by atoms with Gasteiger partial charge in [0.25, 0.3) is 0 Å². The third-order valence-corrected chi connectivity index (χ3v) is 6.99. The van der Waals surface area contributed by atoms with Crippen LogP contribution in [0.4, 0.5) is 0 Å². The fraction of sp³-hybridized carbons (Fsp3) is 0. The van der Waals surface area contributed by atoms with E-state index in [1.54, 1.807) is 34.4 Å². The van der Waals surface area contributed by atoms with Gasteiger partial charge in [0.2, 0.25) is 0 Å². The van der Waals surface area contributed by atoms with Crippen molar-refractivity contribution < 1.29 is 4.74 Å². The molecule has 0 aliphatic carbocycles. The third-order valence-electron chi connectivity index (χ3n) is 3.96. The van der Waals surface area contributed by atoms with Gasteiger partial charge in [0.05, 0.1) is 9.79 Å². The first-order chi connectivity index (χ1) is 11.9. The Morgan fingerprint density at radius 1 is 0.667 bits per heavy atom. The van der Waals surface area contributed by atoms with Crippen LogP contribution < -0.4 is 4.74 Å². The zero-order chi connectivity index (χ0) is 15.9. The van der Waals surface area contributed by atoms with E-state index in [0.29, 0.717) is 0 Å². The van der Waals surface area contributed by atoms with Crippen LogP contribution in [0.15, 0.2) is 81.2 Å². The standard InChI is InChI=1S/C20H12OS3/c1-2-8-18-15(6-1)21-16-7-3-5-14(20(16)24-18)19-13(10-12-23-19)17-9-4-11-22-17/h1-12H. The maximum absolute atomic E-state index is 6.13. The first kappa shape index (κ1) is 14.3. The normalized spacial score (nSPS) is 12.3. The number of rotatable bonds is 2. The molecule has 0 fully saturated rings. The van der Waals surface area contributed by atoms with Gasteiger partial charge in [0.1, 0.15) is 11.5 Å². The number of hydrogen-bond acceptors (Lipinski definition) is 4. The van der Waals surface area contributed by atoms with Gasteiger partial charge in [-0.25, -0.2) is 0 Å². The van der Waals surface area contributed by atoms with Gasteiger partial charge < -0.3 is 4.74 Å². The van der Waals surface area contributed by atoms with Crippen LogP contribution in [0, 0.1) is 0 Å². The van der Waals surface area contributed by atoms with E-state index in [4.69, 9.17) is 4.74 Å². The second-order valence-corrected chi connectivity index (χ2v) is 8.34. The summed E-state index contributed by atoms with van der Waals surface area (Å²) in [5, 5.41) is 4.30. The molecule has 0 atom stereocenters. The second-order valence-electron chi connectivity index (χ2n) is 5.42. The van der Waals surface area contributed by atoms with Crippen molar-refractivity contribution in [2.24, 2.45) is 0 Å². The van der Waals surface area contributed by atoms with Gasteiger partial charge in [-0.2, -0.15) is 0 Å². The molecule has 0 N–H and O–H groups in total. The lowest BCUT2D eigenvalue weighted by molar-refractivity contribution is 0.455. The lowest BCUT2D eigenvalue weighted by atomic mass is 10.1. The number of fused-ring (bicyclic) bond motifs is 2. The highest BCUT2D eigenvalue weighted by molar-refractivity contribution is 7.99. The molecule has 4 aromatic rings. The third kappa shape index (κ3) is 2.30. The topological polar surface area (TPSA) is 9.23 Å². The molecule has 0 radical (unpaired) electrons. The van der Waals surface area contributed by atoms with Crippen molar-refractivity contribution in [2.75, 3.05) is 0 Å². The first-order valence-corrected chi connectivity index (χ1v) is 10.2. The first-order valence-electron chi connectivity index (χ1n) is 7.59. The Hall–Kier alpha value is -2.01. The zero-order valence-corrected chi connectivity index (χ0v) is 15.0. The van der Waals surface area contributed by atoms with Crippen LogP contribution in [0.2, 0.25) is 0 Å². The largest absolute Gasteiger partial charge is 0.455 e. The molecule has 1 aliphatic rings. The molecular formula is C20H12OS3. The Labute approximate surface area is 152 Å². The van der Waals surface area contributed by atoms with Gasteiger partial charge in [0.15, 0.2) is 0 Å². The van der Waals surface area contributed by atoms with Crippen molar-refractivity contribution in [3.63, 3.8) is 0 Å². The van der Waals surface area contributed by atoms with E-state index in [1.165, 1.54) is 30.7 Å². The zero-order valence-electron chi connectivity index (χ0n) is 12.6. The van der Waals surface area contributed by atoms with Gasteiger partial charge in [-0.3, -0.25) is 0 Å². The fourth-order valence-corrected chi connectivity index (χ4v) is 5.77.